The minimum Gasteiger partial charge on any atom is -0.371 e. The molecule has 1 aliphatic rings. The van der Waals surface area contributed by atoms with E-state index in [2.05, 4.69) is 51.7 Å². The molecule has 32 heavy (non-hydrogen) atoms. The number of aromatic nitrogens is 4. The van der Waals surface area contributed by atoms with Crippen molar-refractivity contribution in [3.8, 4) is 10.6 Å². The highest BCUT2D eigenvalue weighted by Crippen LogP contribution is 2.35. The lowest BCUT2D eigenvalue weighted by atomic mass is 10.1. The molecule has 0 spiro atoms. The molecule has 0 amide bonds. The number of nitrogens with one attached hydrogen (secondary N) is 2. The minimum atomic E-state index is 0.298. The second-order valence-electron chi connectivity index (χ2n) is 8.64. The number of imidazole rings is 1. The van der Waals surface area contributed by atoms with E-state index in [1.165, 1.54) is 37.9 Å². The average Bonchev–Trinajstić information content (AvgIpc) is 3.43. The maximum absolute atomic E-state index is 4.98. The molecule has 0 saturated carbocycles. The van der Waals surface area contributed by atoms with Crippen molar-refractivity contribution in [2.24, 2.45) is 7.05 Å². The van der Waals surface area contributed by atoms with E-state index in [1.807, 2.05) is 25.0 Å². The number of piperidine rings is 1. The van der Waals surface area contributed by atoms with Gasteiger partial charge in [-0.25, -0.2) is 15.0 Å². The van der Waals surface area contributed by atoms with E-state index in [9.17, 15) is 0 Å². The van der Waals surface area contributed by atoms with Crippen molar-refractivity contribution < 1.29 is 0 Å². The summed E-state index contributed by atoms with van der Waals surface area (Å²) in [6.45, 7) is 6.88. The number of hydrogen-bond donors (Lipinski definition) is 2. The molecule has 1 saturated heterocycles. The van der Waals surface area contributed by atoms with E-state index in [0.29, 0.717) is 6.04 Å². The van der Waals surface area contributed by atoms with E-state index < -0.39 is 0 Å². The van der Waals surface area contributed by atoms with Crippen LogP contribution in [0, 0.1) is 0 Å². The monoisotopic (exact) mass is 449 g/mol. The van der Waals surface area contributed by atoms with E-state index in [1.54, 1.807) is 11.3 Å². The van der Waals surface area contributed by atoms with Crippen LogP contribution in [0.4, 0.5) is 5.82 Å². The highest BCUT2D eigenvalue weighted by Gasteiger charge is 2.18. The molecule has 0 bridgehead atoms. The maximum atomic E-state index is 4.98. The number of pyridine rings is 1. The van der Waals surface area contributed by atoms with Gasteiger partial charge in [0.15, 0.2) is 5.82 Å². The Bertz CT molecular complexity index is 1220. The van der Waals surface area contributed by atoms with Gasteiger partial charge in [-0.2, -0.15) is 0 Å². The first-order valence-electron chi connectivity index (χ1n) is 11.5. The quantitative estimate of drug-likeness (QED) is 0.435. The molecule has 1 fully saturated rings. The summed E-state index contributed by atoms with van der Waals surface area (Å²) in [6.07, 6.45) is 5.89. The zero-order valence-electron chi connectivity index (χ0n) is 19.1. The third kappa shape index (κ3) is 4.10. The summed E-state index contributed by atoms with van der Waals surface area (Å²) in [5.74, 6) is 0.795. The molecule has 0 aliphatic carbocycles. The molecule has 0 radical (unpaired) electrons. The van der Waals surface area contributed by atoms with Gasteiger partial charge < -0.3 is 20.1 Å². The number of hydrogen-bond acceptors (Lipinski definition) is 7. The van der Waals surface area contributed by atoms with Gasteiger partial charge in [0.1, 0.15) is 26.4 Å². The number of rotatable bonds is 7. The fraction of sp³-hybridized carbons (Fsp3) is 0.458. The Labute approximate surface area is 192 Å². The van der Waals surface area contributed by atoms with Crippen molar-refractivity contribution >= 4 is 38.5 Å². The number of aryl methyl sites for hydroxylation is 1. The predicted octanol–water partition coefficient (Wildman–Crippen LogP) is 4.42. The molecule has 1 atom stereocenters. The average molecular weight is 450 g/mol. The van der Waals surface area contributed by atoms with Crippen LogP contribution in [0.25, 0.3) is 32.0 Å². The Kier molecular flexibility index (Phi) is 6.08. The third-order valence-corrected chi connectivity index (χ3v) is 7.40. The van der Waals surface area contributed by atoms with Gasteiger partial charge >= 0.3 is 0 Å². The molecule has 3 aromatic heterocycles. The molecular weight excluding hydrogens is 418 g/mol. The number of benzene rings is 1. The van der Waals surface area contributed by atoms with Crippen LogP contribution < -0.4 is 10.6 Å². The van der Waals surface area contributed by atoms with Gasteiger partial charge in [-0.05, 0) is 44.5 Å². The summed E-state index contributed by atoms with van der Waals surface area (Å²) in [7, 11) is 3.89. The molecule has 4 aromatic rings. The standard InChI is InChI=1S/C24H31N7S/c1-16(26-10-13-31-11-5-4-6-12-31)17-8-7-9-18(14-17)23-28-20-21-19(27-15-30(21)3)22(25-2)29-24(20)32-23/h7-9,14-16,26H,4-6,10-13H2,1-3H3,(H,25,29). The Balaban J connectivity index is 1.37. The topological polar surface area (TPSA) is 70.9 Å². The molecule has 1 unspecified atom stereocenters. The van der Waals surface area contributed by atoms with Crippen LogP contribution in [-0.4, -0.2) is 57.6 Å². The van der Waals surface area contributed by atoms with Crippen molar-refractivity contribution in [3.63, 3.8) is 0 Å². The number of fused-ring (bicyclic) bond motifs is 3. The molecule has 7 nitrogen and oxygen atoms in total. The Morgan fingerprint density at radius 3 is 2.78 bits per heavy atom. The molecular formula is C24H31N7S. The van der Waals surface area contributed by atoms with Gasteiger partial charge in [0.05, 0.1) is 6.33 Å². The maximum Gasteiger partial charge on any atom is 0.155 e. The fourth-order valence-corrected chi connectivity index (χ4v) is 5.50. The second kappa shape index (κ2) is 9.13. The highest BCUT2D eigenvalue weighted by atomic mass is 32.1. The van der Waals surface area contributed by atoms with Crippen molar-refractivity contribution in [2.45, 2.75) is 32.2 Å². The van der Waals surface area contributed by atoms with E-state index in [-0.39, 0.29) is 0 Å². The largest absolute Gasteiger partial charge is 0.371 e. The van der Waals surface area contributed by atoms with Gasteiger partial charge in [0.2, 0.25) is 0 Å². The minimum absolute atomic E-state index is 0.298. The Morgan fingerprint density at radius 1 is 1.12 bits per heavy atom. The summed E-state index contributed by atoms with van der Waals surface area (Å²) >= 11 is 1.63. The van der Waals surface area contributed by atoms with Crippen LogP contribution in [0.5, 0.6) is 0 Å². The summed E-state index contributed by atoms with van der Waals surface area (Å²) in [5.41, 5.74) is 5.22. The Hall–Kier alpha value is -2.55. The molecule has 1 aromatic carbocycles. The van der Waals surface area contributed by atoms with E-state index >= 15 is 0 Å². The van der Waals surface area contributed by atoms with Crippen LogP contribution in [-0.2, 0) is 7.05 Å². The van der Waals surface area contributed by atoms with Crippen molar-refractivity contribution in [1.29, 1.82) is 0 Å². The molecule has 5 rings (SSSR count). The summed E-state index contributed by atoms with van der Waals surface area (Å²) in [4.78, 5) is 17.8. The first-order chi connectivity index (χ1) is 15.6. The van der Waals surface area contributed by atoms with E-state index in [0.717, 1.165) is 50.9 Å². The van der Waals surface area contributed by atoms with Gasteiger partial charge in [-0.1, -0.05) is 36.0 Å². The van der Waals surface area contributed by atoms with Crippen molar-refractivity contribution in [3.05, 3.63) is 36.2 Å². The fourth-order valence-electron chi connectivity index (χ4n) is 4.56. The highest BCUT2D eigenvalue weighted by molar-refractivity contribution is 7.21. The molecule has 2 N–H and O–H groups in total. The van der Waals surface area contributed by atoms with Crippen LogP contribution in [0.2, 0.25) is 0 Å². The number of nitrogens with zero attached hydrogens (tertiary/aromatic N) is 5. The third-order valence-electron chi connectivity index (χ3n) is 6.41. The Morgan fingerprint density at radius 2 is 1.97 bits per heavy atom. The normalized spacial score (nSPS) is 16.1. The first kappa shape index (κ1) is 21.3. The summed E-state index contributed by atoms with van der Waals surface area (Å²) in [6, 6.07) is 9.03. The number of anilines is 1. The van der Waals surface area contributed by atoms with Gasteiger partial charge in [0.25, 0.3) is 0 Å². The van der Waals surface area contributed by atoms with E-state index in [4.69, 9.17) is 9.97 Å². The van der Waals surface area contributed by atoms with Gasteiger partial charge in [0, 0.05) is 38.8 Å². The summed E-state index contributed by atoms with van der Waals surface area (Å²) < 4.78 is 2.02. The van der Waals surface area contributed by atoms with Crippen molar-refractivity contribution in [1.82, 2.24) is 29.7 Å². The van der Waals surface area contributed by atoms with Gasteiger partial charge in [-0.15, -0.1) is 0 Å². The smallest absolute Gasteiger partial charge is 0.155 e. The lowest BCUT2D eigenvalue weighted by molar-refractivity contribution is 0.227. The lowest BCUT2D eigenvalue weighted by Gasteiger charge is -2.27. The van der Waals surface area contributed by atoms with Crippen molar-refractivity contribution in [2.75, 3.05) is 38.5 Å². The van der Waals surface area contributed by atoms with Crippen LogP contribution in [0.3, 0.4) is 0 Å². The SMILES string of the molecule is CNc1nc2sc(-c3cccc(C(C)NCCN4CCCCC4)c3)nc2c2c1ncn2C. The van der Waals surface area contributed by atoms with Gasteiger partial charge in [-0.3, -0.25) is 0 Å². The van der Waals surface area contributed by atoms with Crippen LogP contribution in [0.1, 0.15) is 37.8 Å². The van der Waals surface area contributed by atoms with Crippen LogP contribution in [0.15, 0.2) is 30.6 Å². The summed E-state index contributed by atoms with van der Waals surface area (Å²) in [5, 5.41) is 7.87. The predicted molar refractivity (Wildman–Crippen MR) is 133 cm³/mol. The van der Waals surface area contributed by atoms with Crippen LogP contribution >= 0.6 is 11.3 Å². The number of likely N-dealkylation sites (tertiary alicyclic amines) is 1. The first-order valence-corrected chi connectivity index (χ1v) is 12.3. The molecule has 8 heteroatoms. The molecule has 4 heterocycles. The second-order valence-corrected chi connectivity index (χ2v) is 9.62. The molecule has 1 aliphatic heterocycles. The molecule has 168 valence electrons. The lowest BCUT2D eigenvalue weighted by Crippen LogP contribution is -2.36. The zero-order chi connectivity index (χ0) is 22.1. The zero-order valence-corrected chi connectivity index (χ0v) is 19.9. The number of thiazole rings is 1.